The highest BCUT2D eigenvalue weighted by Crippen LogP contribution is 2.28. The van der Waals surface area contributed by atoms with E-state index in [-0.39, 0.29) is 5.56 Å². The fraction of sp³-hybridized carbons (Fsp3) is 0.417. The van der Waals surface area contributed by atoms with Gasteiger partial charge in [-0.15, -0.1) is 13.2 Å². The second-order valence-electron chi connectivity index (χ2n) is 3.84. The summed E-state index contributed by atoms with van der Waals surface area (Å²) in [6, 6.07) is 3.13. The quantitative estimate of drug-likeness (QED) is 0.608. The van der Waals surface area contributed by atoms with Gasteiger partial charge in [-0.1, -0.05) is 19.9 Å². The number of ketones is 1. The van der Waals surface area contributed by atoms with Gasteiger partial charge in [0.1, 0.15) is 0 Å². The van der Waals surface area contributed by atoms with Crippen LogP contribution in [0.4, 0.5) is 17.6 Å². The summed E-state index contributed by atoms with van der Waals surface area (Å²) in [5, 5.41) is 0. The normalized spacial score (nSPS) is 13.2. The van der Waals surface area contributed by atoms with Crippen LogP contribution >= 0.6 is 0 Å². The SMILES string of the molecule is CCC(C)C(=O)c1cccc(OC(F)(F)F)c1F. The van der Waals surface area contributed by atoms with Gasteiger partial charge in [-0.2, -0.15) is 0 Å². The van der Waals surface area contributed by atoms with Crippen molar-refractivity contribution in [1.82, 2.24) is 0 Å². The van der Waals surface area contributed by atoms with E-state index in [1.807, 2.05) is 0 Å². The van der Waals surface area contributed by atoms with Crippen LogP contribution in [-0.4, -0.2) is 12.1 Å². The molecule has 2 nitrogen and oxygen atoms in total. The molecule has 0 N–H and O–H groups in total. The maximum absolute atomic E-state index is 13.7. The van der Waals surface area contributed by atoms with E-state index in [9.17, 15) is 22.4 Å². The molecule has 6 heteroatoms. The highest BCUT2D eigenvalue weighted by atomic mass is 19.4. The third-order valence-corrected chi connectivity index (χ3v) is 2.51. The van der Waals surface area contributed by atoms with Crippen LogP contribution in [0.3, 0.4) is 0 Å². The number of hydrogen-bond donors (Lipinski definition) is 0. The fourth-order valence-corrected chi connectivity index (χ4v) is 1.36. The first-order valence-corrected chi connectivity index (χ1v) is 5.34. The molecular formula is C12H12F4O2. The zero-order valence-corrected chi connectivity index (χ0v) is 9.84. The van der Waals surface area contributed by atoms with E-state index >= 15 is 0 Å². The fourth-order valence-electron chi connectivity index (χ4n) is 1.36. The van der Waals surface area contributed by atoms with Gasteiger partial charge in [-0.05, 0) is 18.6 Å². The molecule has 0 heterocycles. The lowest BCUT2D eigenvalue weighted by Crippen LogP contribution is -2.19. The smallest absolute Gasteiger partial charge is 0.403 e. The third kappa shape index (κ3) is 3.45. The molecule has 0 aliphatic carbocycles. The summed E-state index contributed by atoms with van der Waals surface area (Å²) in [5.74, 6) is -3.26. The molecule has 1 rings (SSSR count). The molecule has 1 atom stereocenters. The predicted molar refractivity (Wildman–Crippen MR) is 56.9 cm³/mol. The van der Waals surface area contributed by atoms with E-state index in [0.29, 0.717) is 6.42 Å². The molecule has 0 spiro atoms. The molecular weight excluding hydrogens is 252 g/mol. The van der Waals surface area contributed by atoms with Crippen molar-refractivity contribution in [3.8, 4) is 5.75 Å². The van der Waals surface area contributed by atoms with Gasteiger partial charge in [-0.25, -0.2) is 4.39 Å². The molecule has 1 aromatic rings. The van der Waals surface area contributed by atoms with Crippen molar-refractivity contribution in [3.05, 3.63) is 29.6 Å². The largest absolute Gasteiger partial charge is 0.573 e. The first-order valence-electron chi connectivity index (χ1n) is 5.34. The van der Waals surface area contributed by atoms with Crippen molar-refractivity contribution in [1.29, 1.82) is 0 Å². The Bertz CT molecular complexity index is 440. The maximum Gasteiger partial charge on any atom is 0.573 e. The first-order chi connectivity index (χ1) is 8.26. The van der Waals surface area contributed by atoms with Crippen molar-refractivity contribution < 1.29 is 27.1 Å². The molecule has 0 radical (unpaired) electrons. The molecule has 1 unspecified atom stereocenters. The Morgan fingerprint density at radius 2 is 2.00 bits per heavy atom. The van der Waals surface area contributed by atoms with Crippen LogP contribution in [0.15, 0.2) is 18.2 Å². The maximum atomic E-state index is 13.7. The number of carbonyl (C=O) groups excluding carboxylic acids is 1. The number of halogens is 4. The minimum Gasteiger partial charge on any atom is -0.403 e. The average Bonchev–Trinajstić information content (AvgIpc) is 2.28. The highest BCUT2D eigenvalue weighted by molar-refractivity contribution is 5.98. The number of rotatable bonds is 4. The molecule has 100 valence electrons. The highest BCUT2D eigenvalue weighted by Gasteiger charge is 2.33. The number of benzene rings is 1. The topological polar surface area (TPSA) is 26.3 Å². The van der Waals surface area contributed by atoms with Gasteiger partial charge in [0.25, 0.3) is 0 Å². The van der Waals surface area contributed by atoms with E-state index in [1.165, 1.54) is 0 Å². The van der Waals surface area contributed by atoms with Crippen LogP contribution < -0.4 is 4.74 Å². The lowest BCUT2D eigenvalue weighted by molar-refractivity contribution is -0.275. The zero-order chi connectivity index (χ0) is 13.9. The third-order valence-electron chi connectivity index (χ3n) is 2.51. The number of alkyl halides is 3. The van der Waals surface area contributed by atoms with Crippen molar-refractivity contribution in [2.75, 3.05) is 0 Å². The molecule has 0 aromatic heterocycles. The van der Waals surface area contributed by atoms with Crippen LogP contribution in [0.5, 0.6) is 5.75 Å². The van der Waals surface area contributed by atoms with Crippen molar-refractivity contribution >= 4 is 5.78 Å². The Morgan fingerprint density at radius 3 is 2.50 bits per heavy atom. The van der Waals surface area contributed by atoms with Crippen molar-refractivity contribution in [2.24, 2.45) is 5.92 Å². The van der Waals surface area contributed by atoms with E-state index in [4.69, 9.17) is 0 Å². The molecule has 0 amide bonds. The lowest BCUT2D eigenvalue weighted by atomic mass is 9.96. The molecule has 0 aliphatic rings. The summed E-state index contributed by atoms with van der Waals surface area (Å²) in [7, 11) is 0. The Labute approximate surface area is 102 Å². The molecule has 0 aliphatic heterocycles. The van der Waals surface area contributed by atoms with Gasteiger partial charge in [0.05, 0.1) is 5.56 Å². The zero-order valence-electron chi connectivity index (χ0n) is 9.84. The number of carbonyl (C=O) groups is 1. The van der Waals surface area contributed by atoms with Gasteiger partial charge in [0.2, 0.25) is 0 Å². The van der Waals surface area contributed by atoms with E-state index in [0.717, 1.165) is 18.2 Å². The van der Waals surface area contributed by atoms with Crippen LogP contribution in [0.2, 0.25) is 0 Å². The van der Waals surface area contributed by atoms with Crippen LogP contribution in [-0.2, 0) is 0 Å². The standard InChI is InChI=1S/C12H12F4O2/c1-3-7(2)11(17)8-5-4-6-9(10(8)13)18-12(14,15)16/h4-7H,3H2,1-2H3. The minimum atomic E-state index is -4.99. The summed E-state index contributed by atoms with van der Waals surface area (Å²) in [5.41, 5.74) is -0.383. The second kappa shape index (κ2) is 5.37. The van der Waals surface area contributed by atoms with Gasteiger partial charge in [0, 0.05) is 5.92 Å². The Morgan fingerprint density at radius 1 is 1.39 bits per heavy atom. The number of ether oxygens (including phenoxy) is 1. The Hall–Kier alpha value is -1.59. The first kappa shape index (κ1) is 14.5. The summed E-state index contributed by atoms with van der Waals surface area (Å²) < 4.78 is 53.2. The molecule has 18 heavy (non-hydrogen) atoms. The predicted octanol–water partition coefficient (Wildman–Crippen LogP) is 3.95. The van der Waals surface area contributed by atoms with Crippen LogP contribution in [0.1, 0.15) is 30.6 Å². The minimum absolute atomic E-state index is 0.383. The van der Waals surface area contributed by atoms with E-state index in [1.54, 1.807) is 13.8 Å². The van der Waals surface area contributed by atoms with Gasteiger partial charge < -0.3 is 4.74 Å². The lowest BCUT2D eigenvalue weighted by Gasteiger charge is -2.13. The van der Waals surface area contributed by atoms with Crippen molar-refractivity contribution in [2.45, 2.75) is 26.6 Å². The molecule has 0 fully saturated rings. The van der Waals surface area contributed by atoms with Crippen molar-refractivity contribution in [3.63, 3.8) is 0 Å². The molecule has 1 aromatic carbocycles. The molecule has 0 saturated heterocycles. The van der Waals surface area contributed by atoms with Gasteiger partial charge >= 0.3 is 6.36 Å². The average molecular weight is 264 g/mol. The molecule has 0 saturated carbocycles. The summed E-state index contributed by atoms with van der Waals surface area (Å²) in [6.07, 6.45) is -4.51. The Balaban J connectivity index is 3.10. The summed E-state index contributed by atoms with van der Waals surface area (Å²) >= 11 is 0. The number of hydrogen-bond acceptors (Lipinski definition) is 2. The second-order valence-corrected chi connectivity index (χ2v) is 3.84. The number of Topliss-reactive ketones (excluding diaryl/α,β-unsaturated/α-hetero) is 1. The summed E-state index contributed by atoms with van der Waals surface area (Å²) in [6.45, 7) is 3.32. The monoisotopic (exact) mass is 264 g/mol. The summed E-state index contributed by atoms with van der Waals surface area (Å²) in [4.78, 5) is 11.7. The molecule has 0 bridgehead atoms. The van der Waals surface area contributed by atoms with Gasteiger partial charge in [-0.3, -0.25) is 4.79 Å². The van der Waals surface area contributed by atoms with Gasteiger partial charge in [0.15, 0.2) is 17.3 Å². The Kier molecular flexibility index (Phi) is 4.32. The van der Waals surface area contributed by atoms with E-state index < -0.39 is 29.6 Å². The van der Waals surface area contributed by atoms with Crippen LogP contribution in [0.25, 0.3) is 0 Å². The van der Waals surface area contributed by atoms with Crippen LogP contribution in [0, 0.1) is 11.7 Å². The van der Waals surface area contributed by atoms with E-state index in [2.05, 4.69) is 4.74 Å².